The Balaban J connectivity index is 1.86. The molecule has 0 aliphatic heterocycles. The first-order valence-corrected chi connectivity index (χ1v) is 7.74. The normalized spacial score (nSPS) is 34.2. The van der Waals surface area contributed by atoms with Crippen LogP contribution in [-0.4, -0.2) is 5.33 Å². The molecular weight excluding hydrogens is 298 g/mol. The van der Waals surface area contributed by atoms with Crippen LogP contribution in [0.4, 0.5) is 8.78 Å². The van der Waals surface area contributed by atoms with E-state index in [4.69, 9.17) is 0 Å². The molecule has 3 heteroatoms. The van der Waals surface area contributed by atoms with Crippen LogP contribution in [0.3, 0.4) is 0 Å². The molecule has 2 saturated carbocycles. The third-order valence-corrected chi connectivity index (χ3v) is 5.96. The predicted molar refractivity (Wildman–Crippen MR) is 71.7 cm³/mol. The average Bonchev–Trinajstić information content (AvgIpc) is 2.88. The van der Waals surface area contributed by atoms with Crippen LogP contribution in [0.1, 0.15) is 31.2 Å². The Bertz CT molecular complexity index is 440. The summed E-state index contributed by atoms with van der Waals surface area (Å²) in [5.74, 6) is 0.648. The molecule has 3 atom stereocenters. The molecule has 0 aromatic heterocycles. The van der Waals surface area contributed by atoms with Gasteiger partial charge in [-0.05, 0) is 60.6 Å². The Morgan fingerprint density at radius 3 is 2.39 bits per heavy atom. The van der Waals surface area contributed by atoms with Gasteiger partial charge in [-0.1, -0.05) is 22.4 Å². The maximum atomic E-state index is 13.3. The second kappa shape index (κ2) is 4.59. The van der Waals surface area contributed by atoms with Gasteiger partial charge in [-0.15, -0.1) is 0 Å². The van der Waals surface area contributed by atoms with Crippen molar-refractivity contribution >= 4 is 15.9 Å². The van der Waals surface area contributed by atoms with Crippen molar-refractivity contribution in [2.45, 2.75) is 32.1 Å². The van der Waals surface area contributed by atoms with E-state index >= 15 is 0 Å². The minimum Gasteiger partial charge on any atom is -0.207 e. The van der Waals surface area contributed by atoms with E-state index in [1.54, 1.807) is 0 Å². The summed E-state index contributed by atoms with van der Waals surface area (Å²) < 4.78 is 26.5. The van der Waals surface area contributed by atoms with Crippen LogP contribution in [0.15, 0.2) is 18.2 Å². The van der Waals surface area contributed by atoms with Crippen LogP contribution in [-0.2, 0) is 6.42 Å². The fourth-order valence-electron chi connectivity index (χ4n) is 4.11. The first kappa shape index (κ1) is 12.6. The molecular formula is C15H17BrF2. The number of hydrogen-bond donors (Lipinski definition) is 0. The molecule has 0 nitrogen and oxygen atoms in total. The van der Waals surface area contributed by atoms with E-state index in [0.717, 1.165) is 35.2 Å². The lowest BCUT2D eigenvalue weighted by atomic mass is 9.71. The molecule has 0 saturated heterocycles. The fourth-order valence-corrected chi connectivity index (χ4v) is 4.99. The van der Waals surface area contributed by atoms with Gasteiger partial charge in [0.1, 0.15) is 11.6 Å². The summed E-state index contributed by atoms with van der Waals surface area (Å²) in [6, 6.07) is 3.92. The lowest BCUT2D eigenvalue weighted by molar-refractivity contribution is 0.196. The van der Waals surface area contributed by atoms with E-state index in [2.05, 4.69) is 15.9 Å². The average molecular weight is 315 g/mol. The standard InChI is InChI=1S/C15H17BrF2/c16-9-15(7-10-1-2-12(15)3-10)8-11-4-13(17)6-14(18)5-11/h4-6,10,12H,1-3,7-9H2. The summed E-state index contributed by atoms with van der Waals surface area (Å²) >= 11 is 3.64. The van der Waals surface area contributed by atoms with E-state index in [0.29, 0.717) is 0 Å². The van der Waals surface area contributed by atoms with Crippen molar-refractivity contribution in [3.8, 4) is 0 Å². The summed E-state index contributed by atoms with van der Waals surface area (Å²) in [5, 5.41) is 0.944. The summed E-state index contributed by atoms with van der Waals surface area (Å²) in [6.07, 6.45) is 5.95. The van der Waals surface area contributed by atoms with Gasteiger partial charge in [0, 0.05) is 11.4 Å². The van der Waals surface area contributed by atoms with Crippen LogP contribution in [0.25, 0.3) is 0 Å². The molecule has 2 aliphatic carbocycles. The number of fused-ring (bicyclic) bond motifs is 2. The predicted octanol–water partition coefficient (Wildman–Crippen LogP) is 4.71. The van der Waals surface area contributed by atoms with E-state index in [9.17, 15) is 8.78 Å². The number of rotatable bonds is 3. The highest BCUT2D eigenvalue weighted by molar-refractivity contribution is 9.09. The summed E-state index contributed by atoms with van der Waals surface area (Å²) in [6.45, 7) is 0. The van der Waals surface area contributed by atoms with Crippen LogP contribution in [0, 0.1) is 28.9 Å². The summed E-state index contributed by atoms with van der Waals surface area (Å²) in [4.78, 5) is 0. The fraction of sp³-hybridized carbons (Fsp3) is 0.600. The Morgan fingerprint density at radius 2 is 1.89 bits per heavy atom. The van der Waals surface area contributed by atoms with Crippen molar-refractivity contribution in [3.63, 3.8) is 0 Å². The van der Waals surface area contributed by atoms with Crippen LogP contribution < -0.4 is 0 Å². The maximum absolute atomic E-state index is 13.3. The molecule has 1 aromatic carbocycles. The van der Waals surface area contributed by atoms with Crippen molar-refractivity contribution < 1.29 is 8.78 Å². The first-order chi connectivity index (χ1) is 8.61. The Kier molecular flexibility index (Phi) is 3.21. The molecule has 0 amide bonds. The Morgan fingerprint density at radius 1 is 1.17 bits per heavy atom. The zero-order valence-corrected chi connectivity index (χ0v) is 11.8. The molecule has 1 aromatic rings. The highest BCUT2D eigenvalue weighted by Crippen LogP contribution is 2.58. The lowest BCUT2D eigenvalue weighted by Gasteiger charge is -2.36. The van der Waals surface area contributed by atoms with Gasteiger partial charge in [0.05, 0.1) is 0 Å². The molecule has 2 aliphatic rings. The molecule has 3 unspecified atom stereocenters. The highest BCUT2D eigenvalue weighted by atomic mass is 79.9. The van der Waals surface area contributed by atoms with Gasteiger partial charge < -0.3 is 0 Å². The largest absolute Gasteiger partial charge is 0.207 e. The second-order valence-corrected chi connectivity index (χ2v) is 6.59. The zero-order valence-electron chi connectivity index (χ0n) is 10.3. The van der Waals surface area contributed by atoms with Crippen molar-refractivity contribution in [1.82, 2.24) is 0 Å². The number of halogens is 3. The van der Waals surface area contributed by atoms with E-state index < -0.39 is 11.6 Å². The second-order valence-electron chi connectivity index (χ2n) is 6.03. The molecule has 18 heavy (non-hydrogen) atoms. The van der Waals surface area contributed by atoms with Crippen LogP contribution in [0.5, 0.6) is 0 Å². The van der Waals surface area contributed by atoms with Crippen molar-refractivity contribution in [2.75, 3.05) is 5.33 Å². The quantitative estimate of drug-likeness (QED) is 0.709. The summed E-state index contributed by atoms with van der Waals surface area (Å²) in [5.41, 5.74) is 1.03. The van der Waals surface area contributed by atoms with Crippen LogP contribution in [0.2, 0.25) is 0 Å². The van der Waals surface area contributed by atoms with E-state index in [1.807, 2.05) is 0 Å². The van der Waals surface area contributed by atoms with Crippen molar-refractivity contribution in [1.29, 1.82) is 0 Å². The van der Waals surface area contributed by atoms with Crippen molar-refractivity contribution in [2.24, 2.45) is 17.3 Å². The minimum atomic E-state index is -0.460. The number of benzene rings is 1. The summed E-state index contributed by atoms with van der Waals surface area (Å²) in [7, 11) is 0. The Labute approximate surface area is 115 Å². The van der Waals surface area contributed by atoms with E-state index in [1.165, 1.54) is 37.8 Å². The monoisotopic (exact) mass is 314 g/mol. The molecule has 2 fully saturated rings. The third-order valence-electron chi connectivity index (χ3n) is 4.85. The van der Waals surface area contributed by atoms with Gasteiger partial charge in [0.2, 0.25) is 0 Å². The van der Waals surface area contributed by atoms with Gasteiger partial charge >= 0.3 is 0 Å². The molecule has 2 bridgehead atoms. The van der Waals surface area contributed by atoms with Gasteiger partial charge in [-0.3, -0.25) is 0 Å². The highest BCUT2D eigenvalue weighted by Gasteiger charge is 2.49. The lowest BCUT2D eigenvalue weighted by Crippen LogP contribution is -2.32. The Hall–Kier alpha value is -0.440. The number of hydrogen-bond acceptors (Lipinski definition) is 0. The van der Waals surface area contributed by atoms with Crippen molar-refractivity contribution in [3.05, 3.63) is 35.4 Å². The smallest absolute Gasteiger partial charge is 0.126 e. The molecule has 0 radical (unpaired) electrons. The van der Waals surface area contributed by atoms with Gasteiger partial charge in [0.25, 0.3) is 0 Å². The maximum Gasteiger partial charge on any atom is 0.126 e. The molecule has 98 valence electrons. The van der Waals surface area contributed by atoms with Gasteiger partial charge in [-0.25, -0.2) is 8.78 Å². The first-order valence-electron chi connectivity index (χ1n) is 6.62. The topological polar surface area (TPSA) is 0 Å². The zero-order chi connectivity index (χ0) is 12.8. The minimum absolute atomic E-state index is 0.225. The van der Waals surface area contributed by atoms with Gasteiger partial charge in [0.15, 0.2) is 0 Å². The molecule has 0 spiro atoms. The van der Waals surface area contributed by atoms with E-state index in [-0.39, 0.29) is 5.41 Å². The number of alkyl halides is 1. The SMILES string of the molecule is Fc1cc(F)cc(CC2(CBr)CC3CCC2C3)c1. The van der Waals surface area contributed by atoms with Gasteiger partial charge in [-0.2, -0.15) is 0 Å². The third kappa shape index (κ3) is 2.11. The molecule has 3 rings (SSSR count). The van der Waals surface area contributed by atoms with Crippen LogP contribution >= 0.6 is 15.9 Å². The molecule has 0 N–H and O–H groups in total. The molecule has 0 heterocycles.